The molecule has 0 spiro atoms. The Bertz CT molecular complexity index is 534. The Morgan fingerprint density at radius 1 is 1.36 bits per heavy atom. The third-order valence-corrected chi connectivity index (χ3v) is 4.33. The lowest BCUT2D eigenvalue weighted by atomic mass is 9.76. The van der Waals surface area contributed by atoms with Crippen molar-refractivity contribution in [2.45, 2.75) is 37.8 Å². The molecule has 1 heterocycles. The van der Waals surface area contributed by atoms with Gasteiger partial charge < -0.3 is 20.1 Å². The molecule has 5 nitrogen and oxygen atoms in total. The Morgan fingerprint density at radius 2 is 2.05 bits per heavy atom. The molecule has 0 bridgehead atoms. The molecule has 1 saturated carbocycles. The number of nitrogens with two attached hydrogens (primary N) is 1. The number of halogens is 1. The molecule has 1 amide bonds. The van der Waals surface area contributed by atoms with Crippen LogP contribution in [0.15, 0.2) is 24.3 Å². The van der Waals surface area contributed by atoms with E-state index in [1.165, 1.54) is 0 Å². The molecule has 2 aliphatic rings. The summed E-state index contributed by atoms with van der Waals surface area (Å²) >= 11 is 0. The molecular formula is C16H23ClN2O3. The number of hydrogen-bond donors (Lipinski definition) is 1. The highest BCUT2D eigenvalue weighted by Crippen LogP contribution is 2.33. The van der Waals surface area contributed by atoms with Gasteiger partial charge in [-0.05, 0) is 38.3 Å². The summed E-state index contributed by atoms with van der Waals surface area (Å²) in [5.41, 5.74) is 5.49. The van der Waals surface area contributed by atoms with Gasteiger partial charge in [-0.25, -0.2) is 0 Å². The molecule has 1 aromatic carbocycles. The summed E-state index contributed by atoms with van der Waals surface area (Å²) in [4.78, 5) is 14.3. The third-order valence-electron chi connectivity index (χ3n) is 4.33. The SMILES string of the molecule is CCN(CC1COc2ccccc2O1)C(=O)C1(N)CCC1.Cl. The van der Waals surface area contributed by atoms with E-state index in [2.05, 4.69) is 0 Å². The lowest BCUT2D eigenvalue weighted by Gasteiger charge is -2.41. The first-order valence-electron chi connectivity index (χ1n) is 7.59. The van der Waals surface area contributed by atoms with Crippen molar-refractivity contribution in [1.82, 2.24) is 4.90 Å². The molecule has 6 heteroatoms. The van der Waals surface area contributed by atoms with Crippen molar-refractivity contribution in [3.05, 3.63) is 24.3 Å². The van der Waals surface area contributed by atoms with E-state index in [0.717, 1.165) is 30.8 Å². The van der Waals surface area contributed by atoms with Crippen molar-refractivity contribution in [3.63, 3.8) is 0 Å². The maximum Gasteiger partial charge on any atom is 0.242 e. The number of carbonyl (C=O) groups excluding carboxylic acids is 1. The number of nitrogens with zero attached hydrogens (tertiary/aromatic N) is 1. The number of ether oxygens (including phenoxy) is 2. The molecule has 2 N–H and O–H groups in total. The number of amides is 1. The Balaban J connectivity index is 0.00000176. The molecule has 22 heavy (non-hydrogen) atoms. The Kier molecular flexibility index (Phi) is 5.19. The van der Waals surface area contributed by atoms with E-state index in [9.17, 15) is 4.79 Å². The molecule has 122 valence electrons. The predicted octanol–water partition coefficient (Wildman–Crippen LogP) is 1.98. The van der Waals surface area contributed by atoms with Crippen molar-refractivity contribution >= 4 is 18.3 Å². The first-order chi connectivity index (χ1) is 10.1. The minimum Gasteiger partial charge on any atom is -0.486 e. The van der Waals surface area contributed by atoms with Gasteiger partial charge in [0.15, 0.2) is 17.6 Å². The molecule has 1 aliphatic heterocycles. The second kappa shape index (κ2) is 6.75. The standard InChI is InChI=1S/C16H22N2O3.ClH/c1-2-18(15(19)16(17)8-5-9-16)10-12-11-20-13-6-3-4-7-14(13)21-12;/h3-4,6-7,12H,2,5,8-11,17H2,1H3;1H. The highest BCUT2D eigenvalue weighted by Gasteiger charge is 2.43. The summed E-state index contributed by atoms with van der Waals surface area (Å²) in [6.45, 7) is 3.58. The van der Waals surface area contributed by atoms with Crippen LogP contribution in [-0.2, 0) is 4.79 Å². The lowest BCUT2D eigenvalue weighted by Crippen LogP contribution is -2.61. The average Bonchev–Trinajstić information content (AvgIpc) is 2.49. The van der Waals surface area contributed by atoms with E-state index in [4.69, 9.17) is 15.2 Å². The normalized spacial score (nSPS) is 21.3. The van der Waals surface area contributed by atoms with Gasteiger partial charge in [0, 0.05) is 6.54 Å². The molecule has 0 aromatic heterocycles. The Morgan fingerprint density at radius 3 is 2.64 bits per heavy atom. The van der Waals surface area contributed by atoms with Gasteiger partial charge in [-0.2, -0.15) is 0 Å². The van der Waals surface area contributed by atoms with Gasteiger partial charge in [0.1, 0.15) is 6.61 Å². The highest BCUT2D eigenvalue weighted by molar-refractivity contribution is 5.87. The fourth-order valence-electron chi connectivity index (χ4n) is 2.84. The number of rotatable bonds is 4. The third kappa shape index (κ3) is 3.15. The van der Waals surface area contributed by atoms with Gasteiger partial charge >= 0.3 is 0 Å². The maximum absolute atomic E-state index is 12.5. The number of hydrogen-bond acceptors (Lipinski definition) is 4. The van der Waals surface area contributed by atoms with E-state index in [-0.39, 0.29) is 24.4 Å². The van der Waals surface area contributed by atoms with Crippen LogP contribution >= 0.6 is 12.4 Å². The van der Waals surface area contributed by atoms with Crippen LogP contribution in [0.4, 0.5) is 0 Å². The zero-order chi connectivity index (χ0) is 14.9. The van der Waals surface area contributed by atoms with Crippen LogP contribution in [0.3, 0.4) is 0 Å². The van der Waals surface area contributed by atoms with E-state index >= 15 is 0 Å². The van der Waals surface area contributed by atoms with Gasteiger partial charge in [-0.15, -0.1) is 12.4 Å². The van der Waals surface area contributed by atoms with Gasteiger partial charge in [-0.3, -0.25) is 4.79 Å². The molecule has 1 aromatic rings. The van der Waals surface area contributed by atoms with Gasteiger partial charge in [-0.1, -0.05) is 12.1 Å². The van der Waals surface area contributed by atoms with Crippen LogP contribution in [0.2, 0.25) is 0 Å². The highest BCUT2D eigenvalue weighted by atomic mass is 35.5. The van der Waals surface area contributed by atoms with Crippen LogP contribution in [0.1, 0.15) is 26.2 Å². The molecule has 1 fully saturated rings. The van der Waals surface area contributed by atoms with E-state index in [1.54, 1.807) is 4.90 Å². The molecule has 1 unspecified atom stereocenters. The van der Waals surface area contributed by atoms with Crippen molar-refractivity contribution < 1.29 is 14.3 Å². The minimum absolute atomic E-state index is 0. The van der Waals surface area contributed by atoms with E-state index < -0.39 is 5.54 Å². The van der Waals surface area contributed by atoms with Crippen LogP contribution < -0.4 is 15.2 Å². The predicted molar refractivity (Wildman–Crippen MR) is 86.6 cm³/mol. The topological polar surface area (TPSA) is 64.8 Å². The smallest absolute Gasteiger partial charge is 0.242 e. The minimum atomic E-state index is -0.649. The Labute approximate surface area is 137 Å². The van der Waals surface area contributed by atoms with Crippen LogP contribution in [0.25, 0.3) is 0 Å². The second-order valence-corrected chi connectivity index (χ2v) is 5.85. The number of carbonyl (C=O) groups is 1. The van der Waals surface area contributed by atoms with Crippen molar-refractivity contribution in [2.24, 2.45) is 5.73 Å². The maximum atomic E-state index is 12.5. The largest absolute Gasteiger partial charge is 0.486 e. The van der Waals surface area contributed by atoms with Crippen LogP contribution in [-0.4, -0.2) is 42.1 Å². The second-order valence-electron chi connectivity index (χ2n) is 5.85. The first-order valence-corrected chi connectivity index (χ1v) is 7.59. The summed E-state index contributed by atoms with van der Waals surface area (Å²) < 4.78 is 11.6. The van der Waals surface area contributed by atoms with Crippen LogP contribution in [0, 0.1) is 0 Å². The summed E-state index contributed by atoms with van der Waals surface area (Å²) in [5, 5.41) is 0. The van der Waals surface area contributed by atoms with E-state index in [0.29, 0.717) is 19.7 Å². The fourth-order valence-corrected chi connectivity index (χ4v) is 2.84. The van der Waals surface area contributed by atoms with Gasteiger partial charge in [0.2, 0.25) is 5.91 Å². The first kappa shape index (κ1) is 16.9. The number of para-hydroxylation sites is 2. The molecule has 1 aliphatic carbocycles. The Hall–Kier alpha value is -1.46. The molecule has 0 radical (unpaired) electrons. The summed E-state index contributed by atoms with van der Waals surface area (Å²) in [6.07, 6.45) is 2.46. The molecule has 1 atom stereocenters. The zero-order valence-electron chi connectivity index (χ0n) is 12.8. The van der Waals surface area contributed by atoms with Crippen molar-refractivity contribution in [2.75, 3.05) is 19.7 Å². The molecular weight excluding hydrogens is 304 g/mol. The average molecular weight is 327 g/mol. The number of fused-ring (bicyclic) bond motifs is 1. The summed E-state index contributed by atoms with van der Waals surface area (Å²) in [6, 6.07) is 7.60. The number of likely N-dealkylation sites (N-methyl/N-ethyl adjacent to an activating group) is 1. The fraction of sp³-hybridized carbons (Fsp3) is 0.562. The lowest BCUT2D eigenvalue weighted by molar-refractivity contribution is -0.141. The zero-order valence-corrected chi connectivity index (χ0v) is 13.6. The molecule has 0 saturated heterocycles. The number of benzene rings is 1. The van der Waals surface area contributed by atoms with Crippen LogP contribution in [0.5, 0.6) is 11.5 Å². The van der Waals surface area contributed by atoms with Crippen molar-refractivity contribution in [1.29, 1.82) is 0 Å². The molecule has 3 rings (SSSR count). The summed E-state index contributed by atoms with van der Waals surface area (Å²) in [7, 11) is 0. The quantitative estimate of drug-likeness (QED) is 0.919. The van der Waals surface area contributed by atoms with Gasteiger partial charge in [0.05, 0.1) is 12.1 Å². The monoisotopic (exact) mass is 326 g/mol. The van der Waals surface area contributed by atoms with Gasteiger partial charge in [0.25, 0.3) is 0 Å². The van der Waals surface area contributed by atoms with Crippen molar-refractivity contribution in [3.8, 4) is 11.5 Å². The van der Waals surface area contributed by atoms with E-state index in [1.807, 2.05) is 31.2 Å². The summed E-state index contributed by atoms with van der Waals surface area (Å²) in [5.74, 6) is 1.54.